The second-order valence-corrected chi connectivity index (χ2v) is 3.86. The van der Waals surface area contributed by atoms with Crippen LogP contribution in [0.5, 0.6) is 0 Å². The average Bonchev–Trinajstić information content (AvgIpc) is 2.67. The molecule has 1 nitrogen and oxygen atoms in total. The molecule has 0 amide bonds. The van der Waals surface area contributed by atoms with Gasteiger partial charge >= 0.3 is 0 Å². The summed E-state index contributed by atoms with van der Waals surface area (Å²) in [6.07, 6.45) is 1.07. The molecule has 2 heteroatoms. The third-order valence-electron chi connectivity index (χ3n) is 3.01. The summed E-state index contributed by atoms with van der Waals surface area (Å²) in [5, 5.41) is 2.66. The molecule has 1 N–H and O–H groups in total. The van der Waals surface area contributed by atoms with Gasteiger partial charge in [-0.3, -0.25) is 0 Å². The van der Waals surface area contributed by atoms with Gasteiger partial charge in [-0.2, -0.15) is 0 Å². The van der Waals surface area contributed by atoms with E-state index in [9.17, 15) is 0 Å². The van der Waals surface area contributed by atoms with Crippen molar-refractivity contribution >= 4 is 34.2 Å². The molecule has 82 valence electrons. The topological polar surface area (TPSA) is 15.8 Å². The van der Waals surface area contributed by atoms with Gasteiger partial charge in [-0.05, 0) is 18.1 Å². The SMILES string of the molecule is CCc1cccc2c1[nH]c1ccccc12.Cl. The van der Waals surface area contributed by atoms with Crippen LogP contribution in [-0.4, -0.2) is 4.98 Å². The lowest BCUT2D eigenvalue weighted by Gasteiger charge is -1.97. The average molecular weight is 232 g/mol. The number of aryl methyl sites for hydroxylation is 1. The fourth-order valence-electron chi connectivity index (χ4n) is 2.23. The highest BCUT2D eigenvalue weighted by Gasteiger charge is 2.05. The molecule has 1 aromatic heterocycles. The molecule has 0 unspecified atom stereocenters. The fourth-order valence-corrected chi connectivity index (χ4v) is 2.23. The Morgan fingerprint density at radius 1 is 0.938 bits per heavy atom. The van der Waals surface area contributed by atoms with Crippen LogP contribution in [-0.2, 0) is 6.42 Å². The largest absolute Gasteiger partial charge is 0.354 e. The van der Waals surface area contributed by atoms with E-state index in [4.69, 9.17) is 0 Å². The van der Waals surface area contributed by atoms with Gasteiger partial charge in [-0.15, -0.1) is 12.4 Å². The monoisotopic (exact) mass is 231 g/mol. The summed E-state index contributed by atoms with van der Waals surface area (Å²) in [7, 11) is 0. The molecule has 0 atom stereocenters. The first-order chi connectivity index (χ1) is 7.40. The van der Waals surface area contributed by atoms with Gasteiger partial charge in [-0.25, -0.2) is 0 Å². The van der Waals surface area contributed by atoms with E-state index in [1.165, 1.54) is 27.4 Å². The lowest BCUT2D eigenvalue weighted by Crippen LogP contribution is -1.80. The van der Waals surface area contributed by atoms with Gasteiger partial charge in [0.2, 0.25) is 0 Å². The van der Waals surface area contributed by atoms with Gasteiger partial charge in [0.25, 0.3) is 0 Å². The van der Waals surface area contributed by atoms with Crippen LogP contribution in [0.2, 0.25) is 0 Å². The third-order valence-corrected chi connectivity index (χ3v) is 3.01. The number of benzene rings is 2. The van der Waals surface area contributed by atoms with Crippen molar-refractivity contribution in [1.29, 1.82) is 0 Å². The Kier molecular flexibility index (Phi) is 2.88. The lowest BCUT2D eigenvalue weighted by atomic mass is 10.1. The summed E-state index contributed by atoms with van der Waals surface area (Å²) in [5.41, 5.74) is 3.92. The lowest BCUT2D eigenvalue weighted by molar-refractivity contribution is 1.15. The quantitative estimate of drug-likeness (QED) is 0.643. The molecule has 0 saturated carbocycles. The van der Waals surface area contributed by atoms with E-state index >= 15 is 0 Å². The Labute approximate surface area is 101 Å². The van der Waals surface area contributed by atoms with Crippen molar-refractivity contribution in [2.75, 3.05) is 0 Å². The van der Waals surface area contributed by atoms with Crippen molar-refractivity contribution in [2.24, 2.45) is 0 Å². The highest BCUT2D eigenvalue weighted by Crippen LogP contribution is 2.27. The number of H-pyrrole nitrogens is 1. The molecule has 0 saturated heterocycles. The van der Waals surface area contributed by atoms with Gasteiger partial charge in [0.05, 0.1) is 0 Å². The first-order valence-electron chi connectivity index (χ1n) is 5.38. The number of hydrogen-bond acceptors (Lipinski definition) is 0. The van der Waals surface area contributed by atoms with Crippen molar-refractivity contribution < 1.29 is 0 Å². The third kappa shape index (κ3) is 1.48. The molecule has 0 bridgehead atoms. The standard InChI is InChI=1S/C14H13N.ClH/c1-2-10-6-5-8-12-11-7-3-4-9-13(11)15-14(10)12;/h3-9,15H,2H2,1H3;1H. The second-order valence-electron chi connectivity index (χ2n) is 3.86. The Morgan fingerprint density at radius 2 is 1.69 bits per heavy atom. The second kappa shape index (κ2) is 4.18. The van der Waals surface area contributed by atoms with Gasteiger partial charge < -0.3 is 4.98 Å². The summed E-state index contributed by atoms with van der Waals surface area (Å²) in [5.74, 6) is 0. The number of rotatable bonds is 1. The normalized spacial score (nSPS) is 10.6. The maximum absolute atomic E-state index is 3.50. The predicted molar refractivity (Wildman–Crippen MR) is 72.4 cm³/mol. The van der Waals surface area contributed by atoms with Crippen LogP contribution in [0, 0.1) is 0 Å². The van der Waals surface area contributed by atoms with E-state index in [-0.39, 0.29) is 12.4 Å². The molecule has 1 heterocycles. The van der Waals surface area contributed by atoms with Crippen LogP contribution in [0.25, 0.3) is 21.8 Å². The molecule has 0 aliphatic rings. The van der Waals surface area contributed by atoms with Gasteiger partial charge in [0, 0.05) is 21.8 Å². The molecule has 3 aromatic rings. The predicted octanol–water partition coefficient (Wildman–Crippen LogP) is 4.31. The zero-order chi connectivity index (χ0) is 10.3. The van der Waals surface area contributed by atoms with Gasteiger partial charge in [0.15, 0.2) is 0 Å². The molecule has 16 heavy (non-hydrogen) atoms. The molecule has 0 fully saturated rings. The van der Waals surface area contributed by atoms with E-state index in [0.717, 1.165) is 6.42 Å². The Hall–Kier alpha value is -1.47. The van der Waals surface area contributed by atoms with E-state index in [0.29, 0.717) is 0 Å². The van der Waals surface area contributed by atoms with Crippen LogP contribution in [0.1, 0.15) is 12.5 Å². The number of halogens is 1. The van der Waals surface area contributed by atoms with Crippen molar-refractivity contribution in [3.63, 3.8) is 0 Å². The fraction of sp³-hybridized carbons (Fsp3) is 0.143. The Morgan fingerprint density at radius 3 is 2.50 bits per heavy atom. The van der Waals surface area contributed by atoms with E-state index in [1.807, 2.05) is 0 Å². The highest BCUT2D eigenvalue weighted by atomic mass is 35.5. The van der Waals surface area contributed by atoms with E-state index in [2.05, 4.69) is 54.4 Å². The molecule has 0 spiro atoms. The van der Waals surface area contributed by atoms with Crippen LogP contribution >= 0.6 is 12.4 Å². The maximum atomic E-state index is 3.50. The molecular formula is C14H14ClN. The summed E-state index contributed by atoms with van der Waals surface area (Å²) < 4.78 is 0. The summed E-state index contributed by atoms with van der Waals surface area (Å²) in [4.78, 5) is 3.50. The van der Waals surface area contributed by atoms with Crippen molar-refractivity contribution in [2.45, 2.75) is 13.3 Å². The first kappa shape index (κ1) is 11.0. The van der Waals surface area contributed by atoms with E-state index in [1.54, 1.807) is 0 Å². The van der Waals surface area contributed by atoms with Crippen LogP contribution in [0.3, 0.4) is 0 Å². The Balaban J connectivity index is 0.000000963. The highest BCUT2D eigenvalue weighted by molar-refractivity contribution is 6.08. The molecule has 0 aliphatic carbocycles. The zero-order valence-electron chi connectivity index (χ0n) is 9.16. The molecule has 0 aliphatic heterocycles. The minimum absolute atomic E-state index is 0. The maximum Gasteiger partial charge on any atom is 0.0497 e. The zero-order valence-corrected chi connectivity index (χ0v) is 9.97. The molecule has 2 aromatic carbocycles. The molecular weight excluding hydrogens is 218 g/mol. The minimum Gasteiger partial charge on any atom is -0.354 e. The summed E-state index contributed by atoms with van der Waals surface area (Å²) >= 11 is 0. The first-order valence-corrected chi connectivity index (χ1v) is 5.38. The Bertz CT molecular complexity index is 625. The molecule has 0 radical (unpaired) electrons. The number of nitrogens with one attached hydrogen (secondary N) is 1. The van der Waals surface area contributed by atoms with Gasteiger partial charge in [-0.1, -0.05) is 43.3 Å². The van der Waals surface area contributed by atoms with Crippen LogP contribution in [0.4, 0.5) is 0 Å². The van der Waals surface area contributed by atoms with Gasteiger partial charge in [0.1, 0.15) is 0 Å². The van der Waals surface area contributed by atoms with Crippen LogP contribution in [0.15, 0.2) is 42.5 Å². The smallest absolute Gasteiger partial charge is 0.0497 e. The van der Waals surface area contributed by atoms with Crippen molar-refractivity contribution in [3.8, 4) is 0 Å². The summed E-state index contributed by atoms with van der Waals surface area (Å²) in [6, 6.07) is 15.0. The minimum atomic E-state index is 0. The molecule has 3 rings (SSSR count). The van der Waals surface area contributed by atoms with E-state index < -0.39 is 0 Å². The van der Waals surface area contributed by atoms with Crippen molar-refractivity contribution in [1.82, 2.24) is 4.98 Å². The number of para-hydroxylation sites is 2. The summed E-state index contributed by atoms with van der Waals surface area (Å²) in [6.45, 7) is 2.19. The number of aromatic nitrogens is 1. The number of hydrogen-bond donors (Lipinski definition) is 1. The van der Waals surface area contributed by atoms with Crippen LogP contribution < -0.4 is 0 Å². The number of fused-ring (bicyclic) bond motifs is 3. The number of aromatic amines is 1. The van der Waals surface area contributed by atoms with Crippen molar-refractivity contribution in [3.05, 3.63) is 48.0 Å².